The SMILES string of the molecule is Brc1ccc2ccn(Cc3cccs3)c2c1. The molecule has 1 aromatic carbocycles. The van der Waals surface area contributed by atoms with Gasteiger partial charge >= 0.3 is 0 Å². The molecule has 0 atom stereocenters. The minimum absolute atomic E-state index is 0.956. The monoisotopic (exact) mass is 291 g/mol. The van der Waals surface area contributed by atoms with Gasteiger partial charge in [0, 0.05) is 21.1 Å². The molecule has 2 heterocycles. The van der Waals surface area contributed by atoms with Crippen LogP contribution in [-0.4, -0.2) is 4.57 Å². The highest BCUT2D eigenvalue weighted by Gasteiger charge is 2.02. The van der Waals surface area contributed by atoms with E-state index in [4.69, 9.17) is 0 Å². The molecule has 3 aromatic rings. The van der Waals surface area contributed by atoms with Gasteiger partial charge in [-0.2, -0.15) is 0 Å². The maximum atomic E-state index is 3.52. The quantitative estimate of drug-likeness (QED) is 0.654. The summed E-state index contributed by atoms with van der Waals surface area (Å²) in [6.07, 6.45) is 2.15. The first-order valence-corrected chi connectivity index (χ1v) is 6.77. The van der Waals surface area contributed by atoms with E-state index in [2.05, 4.69) is 68.5 Å². The number of halogens is 1. The Morgan fingerprint density at radius 3 is 2.94 bits per heavy atom. The molecule has 0 saturated carbocycles. The Morgan fingerprint density at radius 1 is 1.19 bits per heavy atom. The normalized spacial score (nSPS) is 11.1. The van der Waals surface area contributed by atoms with Crippen LogP contribution in [-0.2, 0) is 6.54 Å². The van der Waals surface area contributed by atoms with E-state index >= 15 is 0 Å². The molecule has 2 aromatic heterocycles. The van der Waals surface area contributed by atoms with E-state index in [1.54, 1.807) is 11.3 Å². The number of hydrogen-bond donors (Lipinski definition) is 0. The van der Waals surface area contributed by atoms with Crippen LogP contribution in [0.15, 0.2) is 52.4 Å². The van der Waals surface area contributed by atoms with Gasteiger partial charge in [-0.3, -0.25) is 0 Å². The second-order valence-corrected chi connectivity index (χ2v) is 5.67. The molecule has 0 spiro atoms. The lowest BCUT2D eigenvalue weighted by atomic mass is 10.2. The van der Waals surface area contributed by atoms with E-state index in [-0.39, 0.29) is 0 Å². The van der Waals surface area contributed by atoms with Crippen LogP contribution in [0, 0.1) is 0 Å². The maximum Gasteiger partial charge on any atom is 0.0569 e. The van der Waals surface area contributed by atoms with E-state index in [1.165, 1.54) is 15.8 Å². The van der Waals surface area contributed by atoms with Crippen molar-refractivity contribution in [2.75, 3.05) is 0 Å². The topological polar surface area (TPSA) is 4.93 Å². The van der Waals surface area contributed by atoms with Crippen molar-refractivity contribution in [1.29, 1.82) is 0 Å². The zero-order valence-electron chi connectivity index (χ0n) is 8.56. The standard InChI is InChI=1S/C13H10BrNS/c14-11-4-3-10-5-6-15(13(10)8-11)9-12-2-1-7-16-12/h1-8H,9H2. The average Bonchev–Trinajstić information content (AvgIpc) is 2.90. The number of fused-ring (bicyclic) bond motifs is 1. The number of hydrogen-bond acceptors (Lipinski definition) is 1. The third-order valence-corrected chi connectivity index (χ3v) is 4.00. The molecule has 0 saturated heterocycles. The fraction of sp³-hybridized carbons (Fsp3) is 0.0769. The molecule has 3 heteroatoms. The van der Waals surface area contributed by atoms with E-state index in [0.29, 0.717) is 0 Å². The van der Waals surface area contributed by atoms with Crippen LogP contribution in [0.1, 0.15) is 4.88 Å². The Morgan fingerprint density at radius 2 is 2.12 bits per heavy atom. The molecule has 0 aliphatic heterocycles. The lowest BCUT2D eigenvalue weighted by Gasteiger charge is -2.03. The highest BCUT2D eigenvalue weighted by molar-refractivity contribution is 9.10. The number of rotatable bonds is 2. The summed E-state index contributed by atoms with van der Waals surface area (Å²) in [6, 6.07) is 12.8. The highest BCUT2D eigenvalue weighted by Crippen LogP contribution is 2.22. The molecule has 0 fully saturated rings. The largest absolute Gasteiger partial charge is 0.342 e. The van der Waals surface area contributed by atoms with Crippen LogP contribution >= 0.6 is 27.3 Å². The minimum atomic E-state index is 0.956. The van der Waals surface area contributed by atoms with Gasteiger partial charge in [-0.1, -0.05) is 28.1 Å². The van der Waals surface area contributed by atoms with Gasteiger partial charge in [0.15, 0.2) is 0 Å². The number of benzene rings is 1. The van der Waals surface area contributed by atoms with Crippen molar-refractivity contribution in [1.82, 2.24) is 4.57 Å². The van der Waals surface area contributed by atoms with Gasteiger partial charge in [-0.25, -0.2) is 0 Å². The van der Waals surface area contributed by atoms with Crippen molar-refractivity contribution in [2.45, 2.75) is 6.54 Å². The van der Waals surface area contributed by atoms with Gasteiger partial charge in [0.25, 0.3) is 0 Å². The third kappa shape index (κ3) is 1.81. The van der Waals surface area contributed by atoms with Crippen LogP contribution in [0.4, 0.5) is 0 Å². The second kappa shape index (κ2) is 4.07. The summed E-state index contributed by atoms with van der Waals surface area (Å²) in [6.45, 7) is 0.956. The zero-order valence-corrected chi connectivity index (χ0v) is 11.0. The summed E-state index contributed by atoms with van der Waals surface area (Å²) >= 11 is 5.32. The van der Waals surface area contributed by atoms with E-state index in [9.17, 15) is 0 Å². The summed E-state index contributed by atoms with van der Waals surface area (Å²) in [5.41, 5.74) is 1.28. The molecule has 1 nitrogen and oxygen atoms in total. The highest BCUT2D eigenvalue weighted by atomic mass is 79.9. The van der Waals surface area contributed by atoms with E-state index in [1.807, 2.05) is 0 Å². The average molecular weight is 292 g/mol. The summed E-state index contributed by atoms with van der Waals surface area (Å²) in [5.74, 6) is 0. The van der Waals surface area contributed by atoms with Gasteiger partial charge in [-0.05, 0) is 35.0 Å². The van der Waals surface area contributed by atoms with Crippen molar-refractivity contribution >= 4 is 38.2 Å². The maximum absolute atomic E-state index is 3.52. The zero-order chi connectivity index (χ0) is 11.0. The lowest BCUT2D eigenvalue weighted by Crippen LogP contribution is -1.94. The molecule has 0 radical (unpaired) electrons. The minimum Gasteiger partial charge on any atom is -0.342 e. The van der Waals surface area contributed by atoms with Gasteiger partial charge in [-0.15, -0.1) is 11.3 Å². The Kier molecular flexibility index (Phi) is 2.58. The first kappa shape index (κ1) is 10.1. The fourth-order valence-corrected chi connectivity index (χ4v) is 2.92. The Balaban J connectivity index is 2.07. The van der Waals surface area contributed by atoms with Crippen molar-refractivity contribution in [3.63, 3.8) is 0 Å². The molecule has 16 heavy (non-hydrogen) atoms. The third-order valence-electron chi connectivity index (χ3n) is 2.64. The molecule has 0 unspecified atom stereocenters. The van der Waals surface area contributed by atoms with Crippen molar-refractivity contribution in [3.05, 3.63) is 57.3 Å². The Bertz CT molecular complexity index is 610. The summed E-state index contributed by atoms with van der Waals surface area (Å²) < 4.78 is 3.41. The Labute approximate surface area is 106 Å². The van der Waals surface area contributed by atoms with Crippen molar-refractivity contribution in [3.8, 4) is 0 Å². The molecule has 0 aliphatic carbocycles. The predicted octanol–water partition coefficient (Wildman–Crippen LogP) is 4.51. The van der Waals surface area contributed by atoms with Crippen LogP contribution in [0.25, 0.3) is 10.9 Å². The summed E-state index contributed by atoms with van der Waals surface area (Å²) in [7, 11) is 0. The first-order valence-electron chi connectivity index (χ1n) is 5.10. The fourth-order valence-electron chi connectivity index (χ4n) is 1.87. The van der Waals surface area contributed by atoms with Gasteiger partial charge < -0.3 is 4.57 Å². The van der Waals surface area contributed by atoms with E-state index in [0.717, 1.165) is 11.0 Å². The number of aromatic nitrogens is 1. The Hall–Kier alpha value is -1.06. The van der Waals surface area contributed by atoms with Crippen LogP contribution in [0.2, 0.25) is 0 Å². The van der Waals surface area contributed by atoms with Crippen LogP contribution in [0.3, 0.4) is 0 Å². The van der Waals surface area contributed by atoms with Gasteiger partial charge in [0.05, 0.1) is 6.54 Å². The lowest BCUT2D eigenvalue weighted by molar-refractivity contribution is 0.851. The summed E-state index contributed by atoms with van der Waals surface area (Å²) in [5, 5.41) is 3.41. The van der Waals surface area contributed by atoms with Gasteiger partial charge in [0.2, 0.25) is 0 Å². The first-order chi connectivity index (χ1) is 7.83. The van der Waals surface area contributed by atoms with Crippen molar-refractivity contribution in [2.24, 2.45) is 0 Å². The summed E-state index contributed by atoms with van der Waals surface area (Å²) in [4.78, 5) is 1.39. The molecule has 0 N–H and O–H groups in total. The predicted molar refractivity (Wildman–Crippen MR) is 73.1 cm³/mol. The molecule has 0 bridgehead atoms. The van der Waals surface area contributed by atoms with Crippen LogP contribution in [0.5, 0.6) is 0 Å². The molecule has 3 rings (SSSR count). The van der Waals surface area contributed by atoms with Crippen LogP contribution < -0.4 is 0 Å². The molecular weight excluding hydrogens is 282 g/mol. The number of thiophene rings is 1. The smallest absolute Gasteiger partial charge is 0.0569 e. The molecule has 80 valence electrons. The van der Waals surface area contributed by atoms with E-state index < -0.39 is 0 Å². The second-order valence-electron chi connectivity index (χ2n) is 3.73. The molecule has 0 aliphatic rings. The molecular formula is C13H10BrNS. The molecule has 0 amide bonds. The van der Waals surface area contributed by atoms with Gasteiger partial charge in [0.1, 0.15) is 0 Å². The van der Waals surface area contributed by atoms with Crippen molar-refractivity contribution < 1.29 is 0 Å². The number of nitrogens with zero attached hydrogens (tertiary/aromatic N) is 1.